The summed E-state index contributed by atoms with van der Waals surface area (Å²) in [6.07, 6.45) is 1.62. The van der Waals surface area contributed by atoms with Crippen molar-refractivity contribution in [1.29, 1.82) is 0 Å². The topological polar surface area (TPSA) is 33.6 Å². The minimum Gasteiger partial charge on any atom is -0.275 e. The second-order valence-corrected chi connectivity index (χ2v) is 3.33. The molecule has 13 heavy (non-hydrogen) atoms. The molecule has 5 heteroatoms. The molecule has 0 aliphatic carbocycles. The molecule has 0 radical (unpaired) electrons. The highest BCUT2D eigenvalue weighted by Crippen LogP contribution is 2.14. The lowest BCUT2D eigenvalue weighted by atomic mass is 10.3. The number of hydrogen-bond donors (Lipinski definition) is 1. The van der Waals surface area contributed by atoms with Crippen molar-refractivity contribution < 1.29 is 0 Å². The third-order valence-corrected chi connectivity index (χ3v) is 2.16. The number of nitrogens with one attached hydrogen (secondary N) is 1. The van der Waals surface area contributed by atoms with E-state index in [0.717, 1.165) is 5.69 Å². The van der Waals surface area contributed by atoms with E-state index >= 15 is 0 Å². The summed E-state index contributed by atoms with van der Waals surface area (Å²) in [6, 6.07) is 7.42. The minimum atomic E-state index is 0.558. The maximum absolute atomic E-state index is 5.84. The van der Waals surface area contributed by atoms with Gasteiger partial charge in [0.05, 0.1) is 5.69 Å². The molecular weight excluding hydrogens is 206 g/mol. The molecule has 1 N–H and O–H groups in total. The quantitative estimate of drug-likeness (QED) is 0.736. The van der Waals surface area contributed by atoms with Gasteiger partial charge in [0.15, 0.2) is 4.77 Å². The van der Waals surface area contributed by atoms with Crippen LogP contribution in [0.3, 0.4) is 0 Å². The average molecular weight is 212 g/mol. The second kappa shape index (κ2) is 3.32. The molecule has 0 bridgehead atoms. The van der Waals surface area contributed by atoms with Crippen LogP contribution in [0.15, 0.2) is 30.6 Å². The summed E-state index contributed by atoms with van der Waals surface area (Å²) < 4.78 is 2.31. The second-order valence-electron chi connectivity index (χ2n) is 2.51. The van der Waals surface area contributed by atoms with Gasteiger partial charge in [-0.2, -0.15) is 5.10 Å². The molecule has 0 fully saturated rings. The van der Waals surface area contributed by atoms with E-state index in [2.05, 4.69) is 10.2 Å². The Labute approximate surface area is 85.0 Å². The van der Waals surface area contributed by atoms with Crippen molar-refractivity contribution in [2.24, 2.45) is 0 Å². The number of halogens is 1. The summed E-state index contributed by atoms with van der Waals surface area (Å²) >= 11 is 10.8. The van der Waals surface area contributed by atoms with Gasteiger partial charge in [-0.25, -0.2) is 0 Å². The predicted molar refractivity (Wildman–Crippen MR) is 53.8 cm³/mol. The van der Waals surface area contributed by atoms with Crippen LogP contribution >= 0.6 is 23.8 Å². The Hall–Kier alpha value is -1.13. The average Bonchev–Trinajstić information content (AvgIpc) is 2.51. The van der Waals surface area contributed by atoms with Crippen molar-refractivity contribution >= 4 is 23.8 Å². The Bertz CT molecular complexity index is 474. The monoisotopic (exact) mass is 211 g/mol. The molecule has 2 rings (SSSR count). The van der Waals surface area contributed by atoms with E-state index in [4.69, 9.17) is 23.8 Å². The van der Waals surface area contributed by atoms with Crippen LogP contribution in [0.25, 0.3) is 5.69 Å². The van der Waals surface area contributed by atoms with Gasteiger partial charge in [0.2, 0.25) is 0 Å². The van der Waals surface area contributed by atoms with Crippen molar-refractivity contribution in [3.05, 3.63) is 40.4 Å². The van der Waals surface area contributed by atoms with E-state index in [1.807, 2.05) is 24.3 Å². The predicted octanol–water partition coefficient (Wildman–Crippen LogP) is 2.58. The Morgan fingerprint density at radius 3 is 2.92 bits per heavy atom. The molecule has 0 aliphatic heterocycles. The van der Waals surface area contributed by atoms with Crippen LogP contribution in [0, 0.1) is 4.77 Å². The fourth-order valence-electron chi connectivity index (χ4n) is 1.06. The van der Waals surface area contributed by atoms with Gasteiger partial charge in [0, 0.05) is 5.02 Å². The Morgan fingerprint density at radius 1 is 1.46 bits per heavy atom. The van der Waals surface area contributed by atoms with Crippen molar-refractivity contribution in [3.8, 4) is 5.69 Å². The first-order valence-electron chi connectivity index (χ1n) is 3.65. The Kier molecular flexibility index (Phi) is 2.16. The maximum Gasteiger partial charge on any atom is 0.199 e. The molecule has 0 saturated carbocycles. The smallest absolute Gasteiger partial charge is 0.199 e. The maximum atomic E-state index is 5.84. The molecule has 0 unspecified atom stereocenters. The first-order valence-corrected chi connectivity index (χ1v) is 4.44. The lowest BCUT2D eigenvalue weighted by Crippen LogP contribution is -1.90. The molecule has 2 aromatic rings. The summed E-state index contributed by atoms with van der Waals surface area (Å²) in [7, 11) is 0. The molecule has 0 atom stereocenters. The van der Waals surface area contributed by atoms with Gasteiger partial charge in [0.1, 0.15) is 6.33 Å². The van der Waals surface area contributed by atoms with E-state index in [-0.39, 0.29) is 0 Å². The molecular formula is C8H6ClN3S. The highest BCUT2D eigenvalue weighted by Gasteiger charge is 1.97. The SMILES string of the molecule is S=c1[nH]ncn1-c1cccc(Cl)c1. The van der Waals surface area contributed by atoms with Crippen LogP contribution in [0.4, 0.5) is 0 Å². The Morgan fingerprint density at radius 2 is 2.31 bits per heavy atom. The molecule has 0 aliphatic rings. The highest BCUT2D eigenvalue weighted by molar-refractivity contribution is 7.71. The van der Waals surface area contributed by atoms with E-state index < -0.39 is 0 Å². The fraction of sp³-hybridized carbons (Fsp3) is 0. The van der Waals surface area contributed by atoms with Crippen LogP contribution in [0.5, 0.6) is 0 Å². The van der Waals surface area contributed by atoms with Crippen molar-refractivity contribution in [1.82, 2.24) is 14.8 Å². The summed E-state index contributed by atoms with van der Waals surface area (Å²) in [5.74, 6) is 0. The third-order valence-electron chi connectivity index (χ3n) is 1.64. The first kappa shape index (κ1) is 8.47. The minimum absolute atomic E-state index is 0.558. The molecule has 3 nitrogen and oxygen atoms in total. The van der Waals surface area contributed by atoms with E-state index in [9.17, 15) is 0 Å². The summed E-state index contributed by atoms with van der Waals surface area (Å²) in [4.78, 5) is 0. The number of H-pyrrole nitrogens is 1. The van der Waals surface area contributed by atoms with Gasteiger partial charge in [0.25, 0.3) is 0 Å². The van der Waals surface area contributed by atoms with Crippen LogP contribution in [0.2, 0.25) is 5.02 Å². The first-order chi connectivity index (χ1) is 6.27. The van der Waals surface area contributed by atoms with Crippen LogP contribution < -0.4 is 0 Å². The number of nitrogens with zero attached hydrogens (tertiary/aromatic N) is 2. The Balaban J connectivity index is 2.59. The molecule has 66 valence electrons. The lowest BCUT2D eigenvalue weighted by molar-refractivity contribution is 1.03. The lowest BCUT2D eigenvalue weighted by Gasteiger charge is -2.00. The molecule has 1 aromatic carbocycles. The van der Waals surface area contributed by atoms with E-state index in [0.29, 0.717) is 9.79 Å². The molecule has 0 amide bonds. The summed E-state index contributed by atoms with van der Waals surface area (Å²) in [5, 5.41) is 7.17. The molecule has 1 aromatic heterocycles. The van der Waals surface area contributed by atoms with E-state index in [1.165, 1.54) is 0 Å². The third kappa shape index (κ3) is 1.64. The van der Waals surface area contributed by atoms with Gasteiger partial charge in [-0.15, -0.1) is 0 Å². The van der Waals surface area contributed by atoms with Crippen molar-refractivity contribution in [2.45, 2.75) is 0 Å². The summed E-state index contributed by atoms with van der Waals surface area (Å²) in [5.41, 5.74) is 0.909. The van der Waals surface area contributed by atoms with Gasteiger partial charge in [-0.05, 0) is 30.4 Å². The summed E-state index contributed by atoms with van der Waals surface area (Å²) in [6.45, 7) is 0. The fourth-order valence-corrected chi connectivity index (χ4v) is 1.45. The molecule has 0 saturated heterocycles. The molecule has 0 spiro atoms. The zero-order valence-electron chi connectivity index (χ0n) is 6.57. The van der Waals surface area contributed by atoms with Crippen LogP contribution in [0.1, 0.15) is 0 Å². The van der Waals surface area contributed by atoms with E-state index in [1.54, 1.807) is 10.9 Å². The van der Waals surface area contributed by atoms with Crippen molar-refractivity contribution in [2.75, 3.05) is 0 Å². The zero-order chi connectivity index (χ0) is 9.26. The van der Waals surface area contributed by atoms with Gasteiger partial charge in [-0.1, -0.05) is 17.7 Å². The number of rotatable bonds is 1. The normalized spacial score (nSPS) is 10.2. The van der Waals surface area contributed by atoms with Crippen LogP contribution in [-0.4, -0.2) is 14.8 Å². The number of benzene rings is 1. The standard InChI is InChI=1S/C8H6ClN3S/c9-6-2-1-3-7(4-6)12-5-10-11-8(12)13/h1-5H,(H,11,13). The number of hydrogen-bond acceptors (Lipinski definition) is 2. The van der Waals surface area contributed by atoms with Crippen molar-refractivity contribution in [3.63, 3.8) is 0 Å². The van der Waals surface area contributed by atoms with Gasteiger partial charge < -0.3 is 0 Å². The number of aromatic nitrogens is 3. The van der Waals surface area contributed by atoms with Crippen LogP contribution in [-0.2, 0) is 0 Å². The largest absolute Gasteiger partial charge is 0.275 e. The zero-order valence-corrected chi connectivity index (χ0v) is 8.14. The number of aromatic amines is 1. The highest BCUT2D eigenvalue weighted by atomic mass is 35.5. The van der Waals surface area contributed by atoms with Gasteiger partial charge >= 0.3 is 0 Å². The molecule has 1 heterocycles. The van der Waals surface area contributed by atoms with Gasteiger partial charge in [-0.3, -0.25) is 9.67 Å².